The third-order valence-corrected chi connectivity index (χ3v) is 1.77. The SMILES string of the molecule is BrN1CCNCC1.CC. The molecule has 1 rings (SSSR count). The molecule has 9 heavy (non-hydrogen) atoms. The number of hydrogen-bond acceptors (Lipinski definition) is 2. The van der Waals surface area contributed by atoms with Crippen LogP contribution in [0.15, 0.2) is 0 Å². The lowest BCUT2D eigenvalue weighted by Crippen LogP contribution is -2.38. The molecule has 2 nitrogen and oxygen atoms in total. The van der Waals surface area contributed by atoms with Gasteiger partial charge in [0.2, 0.25) is 0 Å². The van der Waals surface area contributed by atoms with Crippen molar-refractivity contribution >= 4 is 16.1 Å². The zero-order chi connectivity index (χ0) is 7.11. The summed E-state index contributed by atoms with van der Waals surface area (Å²) in [6.45, 7) is 8.48. The Kier molecular flexibility index (Phi) is 6.81. The lowest BCUT2D eigenvalue weighted by Gasteiger charge is -2.19. The summed E-state index contributed by atoms with van der Waals surface area (Å²) < 4.78 is 2.14. The predicted molar refractivity (Wildman–Crippen MR) is 44.7 cm³/mol. The Hall–Kier alpha value is 0.400. The minimum absolute atomic E-state index is 1.12. The first-order valence-electron chi connectivity index (χ1n) is 3.51. The molecule has 1 heterocycles. The van der Waals surface area contributed by atoms with Crippen LogP contribution in [0.2, 0.25) is 0 Å². The first-order chi connectivity index (χ1) is 4.39. The van der Waals surface area contributed by atoms with Crippen molar-refractivity contribution in [1.82, 2.24) is 9.24 Å². The van der Waals surface area contributed by atoms with Gasteiger partial charge in [-0.05, 0) is 0 Å². The number of nitrogens with one attached hydrogen (secondary N) is 1. The van der Waals surface area contributed by atoms with Crippen molar-refractivity contribution in [2.45, 2.75) is 13.8 Å². The lowest BCUT2D eigenvalue weighted by atomic mass is 10.4. The van der Waals surface area contributed by atoms with Crippen LogP contribution in [0.25, 0.3) is 0 Å². The van der Waals surface area contributed by atoms with Gasteiger partial charge in [0.15, 0.2) is 0 Å². The molecule has 1 aliphatic rings. The van der Waals surface area contributed by atoms with Gasteiger partial charge in [-0.25, -0.2) is 3.93 Å². The van der Waals surface area contributed by atoms with Crippen molar-refractivity contribution in [2.75, 3.05) is 26.2 Å². The second-order valence-corrected chi connectivity index (χ2v) is 2.66. The lowest BCUT2D eigenvalue weighted by molar-refractivity contribution is 0.408. The van der Waals surface area contributed by atoms with E-state index in [4.69, 9.17) is 0 Å². The molecule has 0 aromatic rings. The monoisotopic (exact) mass is 194 g/mol. The van der Waals surface area contributed by atoms with Crippen LogP contribution in [0, 0.1) is 0 Å². The van der Waals surface area contributed by atoms with Gasteiger partial charge in [0.1, 0.15) is 0 Å². The van der Waals surface area contributed by atoms with Crippen molar-refractivity contribution in [3.63, 3.8) is 0 Å². The molecule has 0 saturated carbocycles. The maximum Gasteiger partial charge on any atom is 0.0218 e. The van der Waals surface area contributed by atoms with E-state index < -0.39 is 0 Å². The van der Waals surface area contributed by atoms with Gasteiger partial charge in [-0.3, -0.25) is 0 Å². The van der Waals surface area contributed by atoms with Gasteiger partial charge in [-0.1, -0.05) is 13.8 Å². The number of halogens is 1. The maximum absolute atomic E-state index is 3.38. The van der Waals surface area contributed by atoms with Gasteiger partial charge < -0.3 is 5.32 Å². The van der Waals surface area contributed by atoms with E-state index in [2.05, 4.69) is 25.4 Å². The minimum Gasteiger partial charge on any atom is -0.314 e. The average Bonchev–Trinajstić information content (AvgIpc) is 1.94. The highest BCUT2D eigenvalue weighted by Crippen LogP contribution is 1.96. The van der Waals surface area contributed by atoms with Gasteiger partial charge in [-0.15, -0.1) is 0 Å². The van der Waals surface area contributed by atoms with Gasteiger partial charge in [0.25, 0.3) is 0 Å². The van der Waals surface area contributed by atoms with Crippen molar-refractivity contribution in [3.8, 4) is 0 Å². The molecule has 56 valence electrons. The fourth-order valence-corrected chi connectivity index (χ4v) is 0.992. The quantitative estimate of drug-likeness (QED) is 0.585. The van der Waals surface area contributed by atoms with E-state index in [1.54, 1.807) is 0 Å². The first-order valence-corrected chi connectivity index (χ1v) is 4.22. The Balaban J connectivity index is 0.000000291. The fraction of sp³-hybridized carbons (Fsp3) is 1.00. The molecule has 1 aliphatic heterocycles. The summed E-state index contributed by atoms with van der Waals surface area (Å²) in [7, 11) is 0. The van der Waals surface area contributed by atoms with Gasteiger partial charge in [0, 0.05) is 42.3 Å². The summed E-state index contributed by atoms with van der Waals surface area (Å²) in [5.74, 6) is 0. The highest BCUT2D eigenvalue weighted by Gasteiger charge is 2.02. The highest BCUT2D eigenvalue weighted by molar-refractivity contribution is 9.07. The van der Waals surface area contributed by atoms with E-state index in [1.165, 1.54) is 0 Å². The maximum atomic E-state index is 3.38. The van der Waals surface area contributed by atoms with Crippen molar-refractivity contribution in [1.29, 1.82) is 0 Å². The topological polar surface area (TPSA) is 15.3 Å². The zero-order valence-electron chi connectivity index (χ0n) is 6.15. The van der Waals surface area contributed by atoms with E-state index in [-0.39, 0.29) is 0 Å². The molecule has 0 bridgehead atoms. The van der Waals surface area contributed by atoms with Crippen LogP contribution in [-0.2, 0) is 0 Å². The zero-order valence-corrected chi connectivity index (χ0v) is 7.74. The number of hydrogen-bond donors (Lipinski definition) is 1. The van der Waals surface area contributed by atoms with Crippen LogP contribution < -0.4 is 5.32 Å². The molecule has 0 radical (unpaired) electrons. The second kappa shape index (κ2) is 6.52. The van der Waals surface area contributed by atoms with E-state index in [9.17, 15) is 0 Å². The molecule has 0 atom stereocenters. The summed E-state index contributed by atoms with van der Waals surface area (Å²) in [5.41, 5.74) is 0. The largest absolute Gasteiger partial charge is 0.314 e. The average molecular weight is 195 g/mol. The summed E-state index contributed by atoms with van der Waals surface area (Å²) in [5, 5.41) is 3.24. The molecule has 0 spiro atoms. The fourth-order valence-electron chi connectivity index (χ4n) is 0.638. The number of piperazine rings is 1. The molecule has 1 fully saturated rings. The Morgan fingerprint density at radius 1 is 1.22 bits per heavy atom. The van der Waals surface area contributed by atoms with Gasteiger partial charge >= 0.3 is 0 Å². The third-order valence-electron chi connectivity index (χ3n) is 1.06. The number of rotatable bonds is 0. The molecule has 3 heteroatoms. The van der Waals surface area contributed by atoms with Gasteiger partial charge in [0.05, 0.1) is 0 Å². The normalized spacial score (nSPS) is 20.3. The Morgan fingerprint density at radius 3 is 1.89 bits per heavy atom. The summed E-state index contributed by atoms with van der Waals surface area (Å²) >= 11 is 3.38. The molecule has 1 N–H and O–H groups in total. The molecule has 0 aliphatic carbocycles. The van der Waals surface area contributed by atoms with Crippen molar-refractivity contribution < 1.29 is 0 Å². The number of nitrogens with zero attached hydrogens (tertiary/aromatic N) is 1. The molecule has 0 aromatic carbocycles. The van der Waals surface area contributed by atoms with Crippen LogP contribution in [0.1, 0.15) is 13.8 Å². The van der Waals surface area contributed by atoms with E-state index in [0.717, 1.165) is 26.2 Å². The Morgan fingerprint density at radius 2 is 1.67 bits per heavy atom. The standard InChI is InChI=1S/C4H9BrN2.C2H6/c5-7-3-1-6-2-4-7;1-2/h6H,1-4H2;1-2H3. The van der Waals surface area contributed by atoms with Gasteiger partial charge in [-0.2, -0.15) is 0 Å². The Labute approximate surface area is 66.0 Å². The summed E-state index contributed by atoms with van der Waals surface area (Å²) in [6, 6.07) is 0. The molecule has 0 amide bonds. The van der Waals surface area contributed by atoms with Crippen molar-refractivity contribution in [2.24, 2.45) is 0 Å². The molecule has 1 saturated heterocycles. The minimum atomic E-state index is 1.12. The van der Waals surface area contributed by atoms with Crippen LogP contribution in [0.4, 0.5) is 0 Å². The predicted octanol–water partition coefficient (Wildman–Crippen LogP) is 1.23. The smallest absolute Gasteiger partial charge is 0.0218 e. The van der Waals surface area contributed by atoms with Crippen LogP contribution in [0.5, 0.6) is 0 Å². The third kappa shape index (κ3) is 4.88. The highest BCUT2D eigenvalue weighted by atomic mass is 79.9. The summed E-state index contributed by atoms with van der Waals surface area (Å²) in [6.07, 6.45) is 0. The van der Waals surface area contributed by atoms with E-state index in [1.807, 2.05) is 13.8 Å². The summed E-state index contributed by atoms with van der Waals surface area (Å²) in [4.78, 5) is 0. The molecular formula is C6H15BrN2. The van der Waals surface area contributed by atoms with Crippen molar-refractivity contribution in [3.05, 3.63) is 0 Å². The van der Waals surface area contributed by atoms with Crippen LogP contribution in [-0.4, -0.2) is 30.1 Å². The van der Waals surface area contributed by atoms with E-state index >= 15 is 0 Å². The second-order valence-electron chi connectivity index (χ2n) is 1.66. The Bertz CT molecular complexity index is 53.0. The molecule has 0 aromatic heterocycles. The molecular weight excluding hydrogens is 180 g/mol. The van der Waals surface area contributed by atoms with Crippen LogP contribution in [0.3, 0.4) is 0 Å². The van der Waals surface area contributed by atoms with Crippen LogP contribution >= 0.6 is 16.1 Å². The van der Waals surface area contributed by atoms with E-state index in [0.29, 0.717) is 0 Å². The first kappa shape index (κ1) is 9.40. The molecule has 0 unspecified atom stereocenters.